The van der Waals surface area contributed by atoms with Gasteiger partial charge in [-0.2, -0.15) is 0 Å². The largest absolute Gasteiger partial charge is 0.369 e. The number of piperidine rings is 1. The Morgan fingerprint density at radius 3 is 2.95 bits per heavy atom. The van der Waals surface area contributed by atoms with Crippen molar-refractivity contribution in [2.24, 2.45) is 11.7 Å². The SMILES string of the molecule is CCCNc1nc(N2CCCC(C(N)=O)C2)c(F)cc1F. The first-order chi connectivity index (χ1) is 10.0. The second-order valence-corrected chi connectivity index (χ2v) is 5.24. The van der Waals surface area contributed by atoms with Crippen molar-refractivity contribution < 1.29 is 13.6 Å². The molecule has 21 heavy (non-hydrogen) atoms. The number of carbonyl (C=O) groups is 1. The van der Waals surface area contributed by atoms with Gasteiger partial charge in [-0.25, -0.2) is 13.8 Å². The number of nitrogens with one attached hydrogen (secondary N) is 1. The number of amides is 1. The first-order valence-electron chi connectivity index (χ1n) is 7.17. The van der Waals surface area contributed by atoms with Crippen LogP contribution in [0.25, 0.3) is 0 Å². The summed E-state index contributed by atoms with van der Waals surface area (Å²) in [4.78, 5) is 17.0. The topological polar surface area (TPSA) is 71.2 Å². The van der Waals surface area contributed by atoms with Crippen molar-refractivity contribution >= 4 is 17.5 Å². The summed E-state index contributed by atoms with van der Waals surface area (Å²) in [6.45, 7) is 3.39. The summed E-state index contributed by atoms with van der Waals surface area (Å²) in [5.74, 6) is -2.05. The van der Waals surface area contributed by atoms with E-state index in [1.807, 2.05) is 6.92 Å². The Bertz CT molecular complexity index is 524. The molecule has 1 fully saturated rings. The molecule has 1 amide bonds. The molecule has 0 radical (unpaired) electrons. The lowest BCUT2D eigenvalue weighted by atomic mass is 9.97. The van der Waals surface area contributed by atoms with E-state index in [9.17, 15) is 13.6 Å². The van der Waals surface area contributed by atoms with Gasteiger partial charge in [0.05, 0.1) is 5.92 Å². The van der Waals surface area contributed by atoms with Gasteiger partial charge in [0.1, 0.15) is 0 Å². The predicted octanol–water partition coefficient (Wildman–Crippen LogP) is 1.88. The summed E-state index contributed by atoms with van der Waals surface area (Å²) in [5.41, 5.74) is 5.31. The molecule has 1 aromatic rings. The average Bonchev–Trinajstić information content (AvgIpc) is 2.46. The van der Waals surface area contributed by atoms with Crippen LogP contribution in [-0.2, 0) is 4.79 Å². The third kappa shape index (κ3) is 3.59. The predicted molar refractivity (Wildman–Crippen MR) is 77.1 cm³/mol. The summed E-state index contributed by atoms with van der Waals surface area (Å²) in [7, 11) is 0. The number of hydrogen-bond acceptors (Lipinski definition) is 4. The van der Waals surface area contributed by atoms with Gasteiger partial charge in [0.25, 0.3) is 0 Å². The first kappa shape index (κ1) is 15.5. The summed E-state index contributed by atoms with van der Waals surface area (Å²) in [6.07, 6.45) is 2.22. The Labute approximate surface area is 122 Å². The van der Waals surface area contributed by atoms with Gasteiger partial charge in [0.2, 0.25) is 5.91 Å². The van der Waals surface area contributed by atoms with Gasteiger partial charge in [-0.1, -0.05) is 6.92 Å². The van der Waals surface area contributed by atoms with Crippen LogP contribution in [0.15, 0.2) is 6.07 Å². The number of nitrogens with two attached hydrogens (primary N) is 1. The van der Waals surface area contributed by atoms with Crippen molar-refractivity contribution in [2.75, 3.05) is 29.9 Å². The number of nitrogens with zero attached hydrogens (tertiary/aromatic N) is 2. The smallest absolute Gasteiger partial charge is 0.222 e. The molecule has 2 heterocycles. The van der Waals surface area contributed by atoms with E-state index >= 15 is 0 Å². The molecular weight excluding hydrogens is 278 g/mol. The van der Waals surface area contributed by atoms with Crippen LogP contribution in [0.1, 0.15) is 26.2 Å². The van der Waals surface area contributed by atoms with Crippen LogP contribution in [0.2, 0.25) is 0 Å². The van der Waals surface area contributed by atoms with E-state index in [4.69, 9.17) is 5.73 Å². The van der Waals surface area contributed by atoms with Gasteiger partial charge < -0.3 is 16.0 Å². The molecule has 1 aliphatic rings. The van der Waals surface area contributed by atoms with Gasteiger partial charge in [0, 0.05) is 25.7 Å². The highest BCUT2D eigenvalue weighted by Crippen LogP contribution is 2.26. The molecule has 1 saturated heterocycles. The van der Waals surface area contributed by atoms with Crippen molar-refractivity contribution in [3.05, 3.63) is 17.7 Å². The lowest BCUT2D eigenvalue weighted by Gasteiger charge is -2.32. The highest BCUT2D eigenvalue weighted by atomic mass is 19.1. The standard InChI is InChI=1S/C14H20F2N4O/c1-2-5-18-13-10(15)7-11(16)14(19-13)20-6-3-4-9(8-20)12(17)21/h7,9H,2-6,8H2,1H3,(H2,17,21)(H,18,19). The van der Waals surface area contributed by atoms with E-state index in [1.165, 1.54) is 0 Å². The maximum absolute atomic E-state index is 14.0. The zero-order valence-corrected chi connectivity index (χ0v) is 12.0. The second kappa shape index (κ2) is 6.69. The van der Waals surface area contributed by atoms with Crippen LogP contribution < -0.4 is 16.0 Å². The van der Waals surface area contributed by atoms with Gasteiger partial charge in [-0.3, -0.25) is 4.79 Å². The number of carbonyl (C=O) groups excluding carboxylic acids is 1. The quantitative estimate of drug-likeness (QED) is 0.870. The lowest BCUT2D eigenvalue weighted by Crippen LogP contribution is -2.42. The van der Waals surface area contributed by atoms with Crippen LogP contribution in [0.3, 0.4) is 0 Å². The summed E-state index contributed by atoms with van der Waals surface area (Å²) < 4.78 is 27.6. The van der Waals surface area contributed by atoms with Crippen LogP contribution in [0, 0.1) is 17.6 Å². The highest BCUT2D eigenvalue weighted by molar-refractivity contribution is 5.77. The fourth-order valence-corrected chi connectivity index (χ4v) is 2.45. The maximum atomic E-state index is 14.0. The van der Waals surface area contributed by atoms with Crippen LogP contribution >= 0.6 is 0 Å². The van der Waals surface area contributed by atoms with Gasteiger partial charge in [-0.05, 0) is 19.3 Å². The second-order valence-electron chi connectivity index (χ2n) is 5.24. The Morgan fingerprint density at radius 2 is 2.29 bits per heavy atom. The number of pyridine rings is 1. The number of aromatic nitrogens is 1. The molecule has 7 heteroatoms. The first-order valence-corrected chi connectivity index (χ1v) is 7.17. The van der Waals surface area contributed by atoms with Crippen molar-refractivity contribution in [3.63, 3.8) is 0 Å². The summed E-state index contributed by atoms with van der Waals surface area (Å²) in [5, 5.41) is 2.83. The van der Waals surface area contributed by atoms with Gasteiger partial charge in [-0.15, -0.1) is 0 Å². The van der Waals surface area contributed by atoms with Crippen molar-refractivity contribution in [1.82, 2.24) is 4.98 Å². The minimum absolute atomic E-state index is 0.0365. The molecule has 1 aliphatic heterocycles. The fraction of sp³-hybridized carbons (Fsp3) is 0.571. The zero-order valence-electron chi connectivity index (χ0n) is 12.0. The Balaban J connectivity index is 2.23. The number of halogens is 2. The molecule has 3 N–H and O–H groups in total. The van der Waals surface area contributed by atoms with Crippen molar-refractivity contribution in [1.29, 1.82) is 0 Å². The summed E-state index contributed by atoms with van der Waals surface area (Å²) in [6, 6.07) is 0.828. The van der Waals surface area contributed by atoms with E-state index in [0.29, 0.717) is 26.1 Å². The molecule has 1 aromatic heterocycles. The fourth-order valence-electron chi connectivity index (χ4n) is 2.45. The molecular formula is C14H20F2N4O. The molecule has 1 atom stereocenters. The van der Waals surface area contributed by atoms with E-state index < -0.39 is 17.5 Å². The number of rotatable bonds is 5. The van der Waals surface area contributed by atoms with Crippen LogP contribution in [-0.4, -0.2) is 30.5 Å². The van der Waals surface area contributed by atoms with Crippen LogP contribution in [0.5, 0.6) is 0 Å². The third-order valence-electron chi connectivity index (χ3n) is 3.58. The number of hydrogen-bond donors (Lipinski definition) is 2. The number of primary amides is 1. The minimum Gasteiger partial charge on any atom is -0.369 e. The third-order valence-corrected chi connectivity index (χ3v) is 3.58. The maximum Gasteiger partial charge on any atom is 0.222 e. The monoisotopic (exact) mass is 298 g/mol. The molecule has 0 bridgehead atoms. The minimum atomic E-state index is -0.723. The Hall–Kier alpha value is -1.92. The molecule has 2 rings (SSSR count). The molecule has 0 spiro atoms. The Morgan fingerprint density at radius 1 is 1.52 bits per heavy atom. The molecule has 5 nitrogen and oxygen atoms in total. The van der Waals surface area contributed by atoms with Gasteiger partial charge in [0.15, 0.2) is 23.3 Å². The number of anilines is 2. The van der Waals surface area contributed by atoms with Gasteiger partial charge >= 0.3 is 0 Å². The van der Waals surface area contributed by atoms with Crippen LogP contribution in [0.4, 0.5) is 20.4 Å². The molecule has 0 saturated carbocycles. The van der Waals surface area contributed by atoms with E-state index in [2.05, 4.69) is 10.3 Å². The zero-order chi connectivity index (χ0) is 15.4. The molecule has 1 unspecified atom stereocenters. The highest BCUT2D eigenvalue weighted by Gasteiger charge is 2.27. The van der Waals surface area contributed by atoms with Crippen molar-refractivity contribution in [3.8, 4) is 0 Å². The summed E-state index contributed by atoms with van der Waals surface area (Å²) >= 11 is 0. The molecule has 0 aliphatic carbocycles. The van der Waals surface area contributed by atoms with E-state index in [0.717, 1.165) is 18.9 Å². The normalized spacial score (nSPS) is 18.6. The molecule has 116 valence electrons. The average molecular weight is 298 g/mol. The Kier molecular flexibility index (Phi) is 4.93. The van der Waals surface area contributed by atoms with E-state index in [-0.39, 0.29) is 17.6 Å². The van der Waals surface area contributed by atoms with E-state index in [1.54, 1.807) is 4.90 Å². The lowest BCUT2D eigenvalue weighted by molar-refractivity contribution is -0.122. The molecule has 0 aromatic carbocycles. The van der Waals surface area contributed by atoms with Crippen molar-refractivity contribution in [2.45, 2.75) is 26.2 Å².